The molecule has 124 valence electrons. The Morgan fingerprint density at radius 3 is 2.25 bits per heavy atom. The Morgan fingerprint density at radius 1 is 0.917 bits per heavy atom. The van der Waals surface area contributed by atoms with Gasteiger partial charge >= 0.3 is 0 Å². The number of H-pyrrole nitrogens is 1. The molecule has 0 atom stereocenters. The maximum atomic E-state index is 3.65. The van der Waals surface area contributed by atoms with Crippen molar-refractivity contribution in [3.05, 3.63) is 71.9 Å². The molecule has 0 unspecified atom stereocenters. The fourth-order valence-corrected chi connectivity index (χ4v) is 4.46. The molecule has 0 bridgehead atoms. The largest absolute Gasteiger partial charge is 0.358 e. The zero-order valence-electron chi connectivity index (χ0n) is 14.6. The lowest BCUT2D eigenvalue weighted by Crippen LogP contribution is -2.44. The molecule has 2 heteroatoms. The summed E-state index contributed by atoms with van der Waals surface area (Å²) >= 11 is 0. The number of aromatic amines is 1. The molecule has 0 amide bonds. The third-order valence-electron chi connectivity index (χ3n) is 5.97. The molecule has 1 saturated carbocycles. The molecular formula is C22H26N2. The second-order valence-electron chi connectivity index (χ2n) is 7.38. The number of hydrogen-bond donors (Lipinski definition) is 1. The van der Waals surface area contributed by atoms with Crippen LogP contribution in [0.15, 0.2) is 60.7 Å². The highest BCUT2D eigenvalue weighted by molar-refractivity contribution is 5.80. The quantitative estimate of drug-likeness (QED) is 0.696. The van der Waals surface area contributed by atoms with Crippen LogP contribution in [-0.4, -0.2) is 24.0 Å². The Balaban J connectivity index is 1.59. The van der Waals surface area contributed by atoms with Gasteiger partial charge in [0.25, 0.3) is 0 Å². The first-order valence-electron chi connectivity index (χ1n) is 9.00. The Hall–Kier alpha value is -2.06. The zero-order chi connectivity index (χ0) is 16.6. The third kappa shape index (κ3) is 2.55. The highest BCUT2D eigenvalue weighted by Crippen LogP contribution is 2.46. The summed E-state index contributed by atoms with van der Waals surface area (Å²) in [6.07, 6.45) is 4.90. The highest BCUT2D eigenvalue weighted by atomic mass is 15.1. The van der Waals surface area contributed by atoms with Crippen LogP contribution in [0, 0.1) is 0 Å². The second-order valence-corrected chi connectivity index (χ2v) is 7.38. The number of fused-ring (bicyclic) bond motifs is 1. The van der Waals surface area contributed by atoms with Gasteiger partial charge in [-0.3, -0.25) is 4.90 Å². The maximum absolute atomic E-state index is 3.65. The van der Waals surface area contributed by atoms with Crippen molar-refractivity contribution in [2.45, 2.75) is 37.1 Å². The van der Waals surface area contributed by atoms with Gasteiger partial charge in [-0.25, -0.2) is 0 Å². The summed E-state index contributed by atoms with van der Waals surface area (Å²) in [7, 11) is 4.46. The molecule has 1 heterocycles. The van der Waals surface area contributed by atoms with Crippen molar-refractivity contribution in [2.24, 2.45) is 0 Å². The topological polar surface area (TPSA) is 19.0 Å². The second kappa shape index (κ2) is 6.10. The first-order valence-corrected chi connectivity index (χ1v) is 9.00. The Morgan fingerprint density at radius 2 is 1.58 bits per heavy atom. The van der Waals surface area contributed by atoms with Crippen LogP contribution in [0.4, 0.5) is 0 Å². The number of nitrogens with one attached hydrogen (secondary N) is 1. The van der Waals surface area contributed by atoms with Crippen LogP contribution in [0.3, 0.4) is 0 Å². The van der Waals surface area contributed by atoms with Gasteiger partial charge in [-0.15, -0.1) is 0 Å². The number of hydrogen-bond acceptors (Lipinski definition) is 1. The Labute approximate surface area is 144 Å². The zero-order valence-corrected chi connectivity index (χ0v) is 14.6. The standard InChI is InChI=1S/C22H26N2/c1-24(2)22(19-9-4-3-5-10-19)14-12-17(13-15-22)21-16-18-8-6-7-11-20(18)23-21/h3-11,16-17,23H,12-15H2,1-2H3. The summed E-state index contributed by atoms with van der Waals surface area (Å²) in [5.41, 5.74) is 4.32. The summed E-state index contributed by atoms with van der Waals surface area (Å²) < 4.78 is 0. The fourth-order valence-electron chi connectivity index (χ4n) is 4.46. The van der Waals surface area contributed by atoms with Crippen LogP contribution in [0.2, 0.25) is 0 Å². The van der Waals surface area contributed by atoms with Crippen LogP contribution in [0.25, 0.3) is 10.9 Å². The van der Waals surface area contributed by atoms with E-state index in [-0.39, 0.29) is 5.54 Å². The lowest BCUT2D eigenvalue weighted by molar-refractivity contribution is 0.0905. The van der Waals surface area contributed by atoms with Gasteiger partial charge in [0.15, 0.2) is 0 Å². The third-order valence-corrected chi connectivity index (χ3v) is 5.97. The molecule has 0 saturated heterocycles. The number of benzene rings is 2. The molecule has 0 aliphatic heterocycles. The molecular weight excluding hydrogens is 292 g/mol. The average molecular weight is 318 g/mol. The average Bonchev–Trinajstić information content (AvgIpc) is 3.06. The van der Waals surface area contributed by atoms with Crippen LogP contribution < -0.4 is 0 Å². The lowest BCUT2D eigenvalue weighted by Gasteiger charge is -2.45. The van der Waals surface area contributed by atoms with Crippen molar-refractivity contribution in [3.63, 3.8) is 0 Å². The van der Waals surface area contributed by atoms with Crippen LogP contribution in [-0.2, 0) is 5.54 Å². The van der Waals surface area contributed by atoms with E-state index in [2.05, 4.69) is 84.6 Å². The van der Waals surface area contributed by atoms with E-state index in [1.165, 1.54) is 47.8 Å². The van der Waals surface area contributed by atoms with Gasteiger partial charge < -0.3 is 4.98 Å². The van der Waals surface area contributed by atoms with Crippen molar-refractivity contribution in [1.82, 2.24) is 9.88 Å². The van der Waals surface area contributed by atoms with E-state index >= 15 is 0 Å². The monoisotopic (exact) mass is 318 g/mol. The minimum absolute atomic E-state index is 0.184. The van der Waals surface area contributed by atoms with Gasteiger partial charge in [-0.2, -0.15) is 0 Å². The minimum Gasteiger partial charge on any atom is -0.358 e. The molecule has 0 spiro atoms. The first kappa shape index (κ1) is 15.5. The van der Waals surface area contributed by atoms with E-state index in [0.717, 1.165) is 0 Å². The summed E-state index contributed by atoms with van der Waals surface area (Å²) in [5, 5.41) is 1.33. The summed E-state index contributed by atoms with van der Waals surface area (Å²) in [5.74, 6) is 0.647. The lowest BCUT2D eigenvalue weighted by atomic mass is 9.71. The van der Waals surface area contributed by atoms with Gasteiger partial charge in [-0.05, 0) is 68.8 Å². The normalized spacial score (nSPS) is 24.5. The number of para-hydroxylation sites is 1. The van der Waals surface area contributed by atoms with Crippen LogP contribution in [0.1, 0.15) is 42.9 Å². The Kier molecular flexibility index (Phi) is 3.93. The van der Waals surface area contributed by atoms with E-state index in [1.54, 1.807) is 0 Å². The van der Waals surface area contributed by atoms with Crippen LogP contribution >= 0.6 is 0 Å². The van der Waals surface area contributed by atoms with Crippen molar-refractivity contribution in [1.29, 1.82) is 0 Å². The molecule has 2 aromatic carbocycles. The fraction of sp³-hybridized carbons (Fsp3) is 0.364. The molecule has 1 fully saturated rings. The van der Waals surface area contributed by atoms with E-state index in [0.29, 0.717) is 5.92 Å². The van der Waals surface area contributed by atoms with Gasteiger partial charge in [0.1, 0.15) is 0 Å². The predicted octanol–water partition coefficient (Wildman–Crippen LogP) is 5.28. The SMILES string of the molecule is CN(C)C1(c2ccccc2)CCC(c2cc3ccccc3[nH]2)CC1. The minimum atomic E-state index is 0.184. The number of nitrogens with zero attached hydrogens (tertiary/aromatic N) is 1. The van der Waals surface area contributed by atoms with Crippen LogP contribution in [0.5, 0.6) is 0 Å². The van der Waals surface area contributed by atoms with E-state index < -0.39 is 0 Å². The maximum Gasteiger partial charge on any atom is 0.0456 e. The van der Waals surface area contributed by atoms with Gasteiger partial charge in [0.2, 0.25) is 0 Å². The molecule has 4 rings (SSSR count). The van der Waals surface area contributed by atoms with Crippen molar-refractivity contribution in [3.8, 4) is 0 Å². The molecule has 1 aliphatic carbocycles. The molecule has 1 aromatic heterocycles. The van der Waals surface area contributed by atoms with E-state index in [4.69, 9.17) is 0 Å². The van der Waals surface area contributed by atoms with E-state index in [1.807, 2.05) is 0 Å². The van der Waals surface area contributed by atoms with E-state index in [9.17, 15) is 0 Å². The Bertz CT molecular complexity index is 775. The molecule has 1 N–H and O–H groups in total. The summed E-state index contributed by atoms with van der Waals surface area (Å²) in [6.45, 7) is 0. The van der Waals surface area contributed by atoms with Crippen molar-refractivity contribution < 1.29 is 0 Å². The number of rotatable bonds is 3. The van der Waals surface area contributed by atoms with Gasteiger partial charge in [0.05, 0.1) is 0 Å². The highest BCUT2D eigenvalue weighted by Gasteiger charge is 2.39. The van der Waals surface area contributed by atoms with Crippen molar-refractivity contribution >= 4 is 10.9 Å². The summed E-state index contributed by atoms with van der Waals surface area (Å²) in [6, 6.07) is 22.0. The first-order chi connectivity index (χ1) is 11.7. The molecule has 3 aromatic rings. The summed E-state index contributed by atoms with van der Waals surface area (Å²) in [4.78, 5) is 6.08. The smallest absolute Gasteiger partial charge is 0.0456 e. The van der Waals surface area contributed by atoms with Gasteiger partial charge in [0, 0.05) is 16.7 Å². The molecule has 1 aliphatic rings. The molecule has 0 radical (unpaired) electrons. The predicted molar refractivity (Wildman–Crippen MR) is 101 cm³/mol. The van der Waals surface area contributed by atoms with Crippen molar-refractivity contribution in [2.75, 3.05) is 14.1 Å². The van der Waals surface area contributed by atoms with Gasteiger partial charge in [-0.1, -0.05) is 48.5 Å². The number of aromatic nitrogens is 1. The molecule has 2 nitrogen and oxygen atoms in total. The molecule has 24 heavy (non-hydrogen) atoms.